The van der Waals surface area contributed by atoms with Crippen LogP contribution in [0.4, 0.5) is 0 Å². The van der Waals surface area contributed by atoms with E-state index in [2.05, 4.69) is 15.5 Å². The van der Waals surface area contributed by atoms with Crippen LogP contribution in [0.1, 0.15) is 64.7 Å². The number of nitrogens with one attached hydrogen (secondary N) is 2. The van der Waals surface area contributed by atoms with Crippen LogP contribution in [0, 0.1) is 11.8 Å². The summed E-state index contributed by atoms with van der Waals surface area (Å²) in [5.41, 5.74) is 4.65. The monoisotopic (exact) mass is 565 g/mol. The number of ether oxygens (including phenoxy) is 1. The van der Waals surface area contributed by atoms with Gasteiger partial charge in [-0.3, -0.25) is 29.4 Å². The molecule has 2 heterocycles. The first-order chi connectivity index (χ1) is 19.4. The van der Waals surface area contributed by atoms with E-state index in [1.807, 2.05) is 36.4 Å². The Labute approximate surface area is 239 Å². The molecule has 40 heavy (non-hydrogen) atoms. The number of hydrogen-bond donors (Lipinski definition) is 2. The SMILES string of the molecule is O=C(Cc1ccc(Cl)c(CN2CCOCC2)c1)NCc1ccc2c(c1)CCC(CCC1CCC(=O)NC1=O)C2=O. The Bertz CT molecular complexity index is 1290. The number of amides is 3. The van der Waals surface area contributed by atoms with Gasteiger partial charge >= 0.3 is 0 Å². The first-order valence-corrected chi connectivity index (χ1v) is 14.6. The largest absolute Gasteiger partial charge is 0.379 e. The zero-order valence-corrected chi connectivity index (χ0v) is 23.4. The number of rotatable bonds is 9. The summed E-state index contributed by atoms with van der Waals surface area (Å²) >= 11 is 6.42. The summed E-state index contributed by atoms with van der Waals surface area (Å²) in [5.74, 6) is -0.662. The van der Waals surface area contributed by atoms with Crippen LogP contribution < -0.4 is 10.6 Å². The van der Waals surface area contributed by atoms with Crippen LogP contribution in [-0.4, -0.2) is 54.7 Å². The number of aryl methyl sites for hydroxylation is 1. The molecule has 3 amide bonds. The van der Waals surface area contributed by atoms with Crippen molar-refractivity contribution in [1.29, 1.82) is 0 Å². The summed E-state index contributed by atoms with van der Waals surface area (Å²) < 4.78 is 5.42. The molecule has 0 saturated carbocycles. The third kappa shape index (κ3) is 7.16. The Morgan fingerprint density at radius 2 is 1.73 bits per heavy atom. The van der Waals surface area contributed by atoms with Gasteiger partial charge in [-0.25, -0.2) is 0 Å². The Hall–Kier alpha value is -3.07. The lowest BCUT2D eigenvalue weighted by molar-refractivity contribution is -0.136. The van der Waals surface area contributed by atoms with Gasteiger partial charge in [0.05, 0.1) is 19.6 Å². The fraction of sp³-hybridized carbons (Fsp3) is 0.484. The van der Waals surface area contributed by atoms with E-state index in [4.69, 9.17) is 16.3 Å². The van der Waals surface area contributed by atoms with Crippen molar-refractivity contribution in [2.24, 2.45) is 11.8 Å². The number of Topliss-reactive ketones (excluding diaryl/α,β-unsaturated/α-hetero) is 1. The van der Waals surface area contributed by atoms with E-state index in [-0.39, 0.29) is 41.8 Å². The Kier molecular flexibility index (Phi) is 9.29. The molecule has 5 rings (SSSR count). The topological polar surface area (TPSA) is 105 Å². The third-order valence-corrected chi connectivity index (χ3v) is 8.62. The second-order valence-electron chi connectivity index (χ2n) is 11.1. The molecule has 0 bridgehead atoms. The predicted octanol–water partition coefficient (Wildman–Crippen LogP) is 3.61. The normalized spacial score (nSPS) is 21.6. The zero-order chi connectivity index (χ0) is 28.1. The van der Waals surface area contributed by atoms with E-state index >= 15 is 0 Å². The average molecular weight is 566 g/mol. The maximum absolute atomic E-state index is 13.1. The molecule has 2 saturated heterocycles. The summed E-state index contributed by atoms with van der Waals surface area (Å²) in [4.78, 5) is 51.6. The molecule has 2 unspecified atom stereocenters. The number of imide groups is 1. The molecule has 2 N–H and O–H groups in total. The fourth-order valence-corrected chi connectivity index (χ4v) is 6.06. The van der Waals surface area contributed by atoms with Crippen LogP contribution >= 0.6 is 11.6 Å². The number of carbonyl (C=O) groups is 4. The third-order valence-electron chi connectivity index (χ3n) is 8.25. The van der Waals surface area contributed by atoms with E-state index < -0.39 is 0 Å². The van der Waals surface area contributed by atoms with E-state index in [1.54, 1.807) is 0 Å². The average Bonchev–Trinajstić information content (AvgIpc) is 2.95. The summed E-state index contributed by atoms with van der Waals surface area (Å²) in [6, 6.07) is 11.6. The number of piperidine rings is 1. The van der Waals surface area contributed by atoms with Crippen molar-refractivity contribution < 1.29 is 23.9 Å². The second-order valence-corrected chi connectivity index (χ2v) is 11.5. The van der Waals surface area contributed by atoms with Crippen molar-refractivity contribution in [2.45, 2.75) is 58.0 Å². The molecule has 2 atom stereocenters. The van der Waals surface area contributed by atoms with Crippen molar-refractivity contribution in [3.63, 3.8) is 0 Å². The lowest BCUT2D eigenvalue weighted by atomic mass is 9.78. The maximum Gasteiger partial charge on any atom is 0.229 e. The number of morpholine rings is 1. The molecule has 0 aromatic heterocycles. The Balaban J connectivity index is 1.11. The summed E-state index contributed by atoms with van der Waals surface area (Å²) in [5, 5.41) is 6.11. The molecule has 1 aliphatic carbocycles. The zero-order valence-electron chi connectivity index (χ0n) is 22.7. The molecular formula is C31H36ClN3O5. The first kappa shape index (κ1) is 28.5. The fourth-order valence-electron chi connectivity index (χ4n) is 5.88. The van der Waals surface area contributed by atoms with Crippen LogP contribution in [0.3, 0.4) is 0 Å². The second kappa shape index (κ2) is 13.1. The van der Waals surface area contributed by atoms with E-state index in [0.717, 1.165) is 73.5 Å². The highest BCUT2D eigenvalue weighted by molar-refractivity contribution is 6.31. The van der Waals surface area contributed by atoms with Gasteiger partial charge in [-0.2, -0.15) is 0 Å². The molecule has 9 heteroatoms. The lowest BCUT2D eigenvalue weighted by Crippen LogP contribution is -2.41. The summed E-state index contributed by atoms with van der Waals surface area (Å²) in [6.45, 7) is 4.33. The van der Waals surface area contributed by atoms with Gasteiger partial charge in [0.15, 0.2) is 5.78 Å². The number of halogens is 1. The number of fused-ring (bicyclic) bond motifs is 1. The van der Waals surface area contributed by atoms with Crippen LogP contribution in [0.15, 0.2) is 36.4 Å². The molecule has 2 fully saturated rings. The van der Waals surface area contributed by atoms with Crippen molar-refractivity contribution in [1.82, 2.24) is 15.5 Å². The van der Waals surface area contributed by atoms with Gasteiger partial charge in [-0.05, 0) is 60.4 Å². The first-order valence-electron chi connectivity index (χ1n) is 14.2. The van der Waals surface area contributed by atoms with Crippen LogP contribution in [0.2, 0.25) is 5.02 Å². The smallest absolute Gasteiger partial charge is 0.229 e. The minimum absolute atomic E-state index is 0.0676. The minimum atomic E-state index is -0.213. The van der Waals surface area contributed by atoms with E-state index in [0.29, 0.717) is 37.3 Å². The predicted molar refractivity (Wildman–Crippen MR) is 151 cm³/mol. The van der Waals surface area contributed by atoms with Crippen molar-refractivity contribution >= 4 is 35.1 Å². The molecule has 2 aromatic carbocycles. The molecule has 3 aliphatic rings. The van der Waals surface area contributed by atoms with E-state index in [9.17, 15) is 19.2 Å². The van der Waals surface area contributed by atoms with Gasteiger partial charge in [-0.1, -0.05) is 41.9 Å². The van der Waals surface area contributed by atoms with Gasteiger partial charge in [0.1, 0.15) is 0 Å². The molecule has 2 aromatic rings. The number of nitrogens with zero attached hydrogens (tertiary/aromatic N) is 1. The molecule has 0 radical (unpaired) electrons. The van der Waals surface area contributed by atoms with Crippen LogP contribution in [0.5, 0.6) is 0 Å². The number of hydrogen-bond acceptors (Lipinski definition) is 6. The molecule has 2 aliphatic heterocycles. The highest BCUT2D eigenvalue weighted by Gasteiger charge is 2.31. The van der Waals surface area contributed by atoms with Gasteiger partial charge in [0, 0.05) is 55.0 Å². The van der Waals surface area contributed by atoms with Crippen LogP contribution in [-0.2, 0) is 45.1 Å². The number of carbonyl (C=O) groups excluding carboxylic acids is 4. The van der Waals surface area contributed by atoms with Gasteiger partial charge in [0.2, 0.25) is 17.7 Å². The Morgan fingerprint density at radius 1 is 0.975 bits per heavy atom. The summed E-state index contributed by atoms with van der Waals surface area (Å²) in [6.07, 6.45) is 4.01. The lowest BCUT2D eigenvalue weighted by Gasteiger charge is -2.27. The van der Waals surface area contributed by atoms with Crippen molar-refractivity contribution in [3.05, 3.63) is 69.2 Å². The summed E-state index contributed by atoms with van der Waals surface area (Å²) in [7, 11) is 0. The van der Waals surface area contributed by atoms with Crippen LogP contribution in [0.25, 0.3) is 0 Å². The van der Waals surface area contributed by atoms with E-state index in [1.165, 1.54) is 0 Å². The molecule has 8 nitrogen and oxygen atoms in total. The molecule has 0 spiro atoms. The number of ketones is 1. The quantitative estimate of drug-likeness (QED) is 0.450. The highest BCUT2D eigenvalue weighted by atomic mass is 35.5. The standard InChI is InChI=1S/C31H36ClN3O5/c32-27-9-2-20(15-25(27)19-35-11-13-40-14-12-35)17-29(37)33-18-21-1-8-26-24(16-21)6-4-22(30(26)38)3-5-23-7-10-28(36)34-31(23)39/h1-2,8-9,15-16,22-23H,3-7,10-14,17-19H2,(H,33,37)(H,34,36,39). The highest BCUT2D eigenvalue weighted by Crippen LogP contribution is 2.31. The van der Waals surface area contributed by atoms with Gasteiger partial charge in [0.25, 0.3) is 0 Å². The molecular weight excluding hydrogens is 530 g/mol. The minimum Gasteiger partial charge on any atom is -0.379 e. The Morgan fingerprint density at radius 3 is 2.52 bits per heavy atom. The molecule has 212 valence electrons. The van der Waals surface area contributed by atoms with Crippen molar-refractivity contribution in [3.8, 4) is 0 Å². The van der Waals surface area contributed by atoms with Gasteiger partial charge in [-0.15, -0.1) is 0 Å². The van der Waals surface area contributed by atoms with Gasteiger partial charge < -0.3 is 10.1 Å². The van der Waals surface area contributed by atoms with Crippen molar-refractivity contribution in [2.75, 3.05) is 26.3 Å². The number of benzene rings is 2. The maximum atomic E-state index is 13.1.